The summed E-state index contributed by atoms with van der Waals surface area (Å²) in [5, 5.41) is 3.16. The quantitative estimate of drug-likeness (QED) is 0.565. The third-order valence-corrected chi connectivity index (χ3v) is 5.85. The van der Waals surface area contributed by atoms with E-state index in [2.05, 4.69) is 10.0 Å². The highest BCUT2D eigenvalue weighted by atomic mass is 35.5. The van der Waals surface area contributed by atoms with Crippen molar-refractivity contribution in [2.45, 2.75) is 17.9 Å². The van der Waals surface area contributed by atoms with Gasteiger partial charge in [0.25, 0.3) is 5.91 Å². The number of amides is 1. The van der Waals surface area contributed by atoms with Crippen LogP contribution in [0, 0.1) is 0 Å². The molecule has 2 N–H and O–H groups in total. The number of benzene rings is 2. The Kier molecular flexibility index (Phi) is 7.72. The van der Waals surface area contributed by atoms with Crippen LogP contribution in [0.1, 0.15) is 12.0 Å². The van der Waals surface area contributed by atoms with Crippen molar-refractivity contribution >= 4 is 33.5 Å². The van der Waals surface area contributed by atoms with Crippen LogP contribution in [0.3, 0.4) is 0 Å². The Bertz CT molecular complexity index is 1040. The summed E-state index contributed by atoms with van der Waals surface area (Å²) in [6.07, 6.45) is 0.689. The van der Waals surface area contributed by atoms with Crippen molar-refractivity contribution < 1.29 is 32.2 Å². The number of fused-ring (bicyclic) bond motifs is 1. The van der Waals surface area contributed by atoms with Gasteiger partial charge in [-0.3, -0.25) is 9.59 Å². The van der Waals surface area contributed by atoms with Gasteiger partial charge in [-0.25, -0.2) is 8.42 Å². The number of sulfonamides is 1. The molecular formula is C20H21ClN2O7S. The number of carbonyl (C=O) groups is 2. The van der Waals surface area contributed by atoms with E-state index in [9.17, 15) is 18.0 Å². The third-order valence-electron chi connectivity index (χ3n) is 4.20. The van der Waals surface area contributed by atoms with Crippen molar-refractivity contribution in [3.63, 3.8) is 0 Å². The zero-order chi connectivity index (χ0) is 22.3. The van der Waals surface area contributed by atoms with Gasteiger partial charge in [0, 0.05) is 24.1 Å². The van der Waals surface area contributed by atoms with Crippen LogP contribution in [-0.4, -0.2) is 46.7 Å². The zero-order valence-electron chi connectivity index (χ0n) is 16.4. The lowest BCUT2D eigenvalue weighted by Gasteiger charge is -2.11. The van der Waals surface area contributed by atoms with Gasteiger partial charge in [-0.1, -0.05) is 23.7 Å². The first-order valence-electron chi connectivity index (χ1n) is 9.39. The first kappa shape index (κ1) is 22.9. The molecule has 0 aliphatic carbocycles. The maximum atomic E-state index is 12.4. The second-order valence-electron chi connectivity index (χ2n) is 6.55. The molecule has 0 saturated carbocycles. The van der Waals surface area contributed by atoms with E-state index in [1.807, 2.05) is 0 Å². The van der Waals surface area contributed by atoms with Gasteiger partial charge in [-0.15, -0.1) is 0 Å². The molecule has 1 aliphatic heterocycles. The largest absolute Gasteiger partial charge is 0.490 e. The molecule has 1 amide bonds. The molecule has 1 aliphatic rings. The van der Waals surface area contributed by atoms with Crippen LogP contribution in [0.2, 0.25) is 5.02 Å². The molecule has 0 radical (unpaired) electrons. The standard InChI is InChI=1S/C20H21ClN2O7S/c21-15-4-2-14(3-5-15)11-22-19(24)13-30-20(25)12-23-31(26,27)16-6-7-17-18(10-16)29-9-1-8-28-17/h2-7,10,23H,1,8-9,11-13H2,(H,22,24). The predicted octanol–water partition coefficient (Wildman–Crippen LogP) is 1.64. The third kappa shape index (κ3) is 6.84. The van der Waals surface area contributed by atoms with Gasteiger partial charge in [0.1, 0.15) is 6.54 Å². The van der Waals surface area contributed by atoms with E-state index >= 15 is 0 Å². The summed E-state index contributed by atoms with van der Waals surface area (Å²) in [5.41, 5.74) is 0.826. The average molecular weight is 469 g/mol. The Labute approximate surface area is 184 Å². The fourth-order valence-electron chi connectivity index (χ4n) is 2.60. The van der Waals surface area contributed by atoms with Crippen LogP contribution in [0.4, 0.5) is 0 Å². The van der Waals surface area contributed by atoms with Crippen LogP contribution in [0.25, 0.3) is 0 Å². The first-order valence-corrected chi connectivity index (χ1v) is 11.3. The Morgan fingerprint density at radius 1 is 1.03 bits per heavy atom. The van der Waals surface area contributed by atoms with Crippen LogP contribution in [-0.2, 0) is 30.9 Å². The molecule has 0 bridgehead atoms. The molecule has 9 nitrogen and oxygen atoms in total. The summed E-state index contributed by atoms with van der Waals surface area (Å²) in [5.74, 6) is -0.630. The molecule has 0 unspecified atom stereocenters. The highest BCUT2D eigenvalue weighted by Crippen LogP contribution is 2.31. The van der Waals surface area contributed by atoms with E-state index in [1.165, 1.54) is 18.2 Å². The lowest BCUT2D eigenvalue weighted by atomic mass is 10.2. The molecule has 0 saturated heterocycles. The van der Waals surface area contributed by atoms with E-state index in [1.54, 1.807) is 24.3 Å². The molecule has 2 aromatic carbocycles. The van der Waals surface area contributed by atoms with Gasteiger partial charge in [-0.05, 0) is 29.8 Å². The van der Waals surface area contributed by atoms with Crippen molar-refractivity contribution in [3.05, 3.63) is 53.1 Å². The number of carbonyl (C=O) groups excluding carboxylic acids is 2. The Hall–Kier alpha value is -2.82. The minimum atomic E-state index is -3.99. The van der Waals surface area contributed by atoms with E-state index < -0.39 is 35.1 Å². The molecule has 11 heteroatoms. The maximum Gasteiger partial charge on any atom is 0.321 e. The Balaban J connectivity index is 1.44. The van der Waals surface area contributed by atoms with Crippen LogP contribution in [0.15, 0.2) is 47.4 Å². The number of hydrogen-bond donors (Lipinski definition) is 2. The highest BCUT2D eigenvalue weighted by Gasteiger charge is 2.20. The van der Waals surface area contributed by atoms with E-state index in [-0.39, 0.29) is 11.4 Å². The maximum absolute atomic E-state index is 12.4. The highest BCUT2D eigenvalue weighted by molar-refractivity contribution is 7.89. The Morgan fingerprint density at radius 3 is 2.48 bits per heavy atom. The second kappa shape index (κ2) is 10.5. The summed E-state index contributed by atoms with van der Waals surface area (Å²) in [4.78, 5) is 23.5. The van der Waals surface area contributed by atoms with Crippen molar-refractivity contribution in [2.75, 3.05) is 26.4 Å². The van der Waals surface area contributed by atoms with Gasteiger partial charge in [-0.2, -0.15) is 4.72 Å². The van der Waals surface area contributed by atoms with Gasteiger partial charge >= 0.3 is 5.97 Å². The van der Waals surface area contributed by atoms with Crippen LogP contribution < -0.4 is 19.5 Å². The molecular weight excluding hydrogens is 448 g/mol. The Morgan fingerprint density at radius 2 is 1.74 bits per heavy atom. The number of esters is 1. The van der Waals surface area contributed by atoms with Crippen molar-refractivity contribution in [1.29, 1.82) is 0 Å². The molecule has 0 aromatic heterocycles. The minimum Gasteiger partial charge on any atom is -0.490 e. The molecule has 1 heterocycles. The molecule has 2 aromatic rings. The summed E-state index contributed by atoms with van der Waals surface area (Å²) in [7, 11) is -3.99. The van der Waals surface area contributed by atoms with Crippen molar-refractivity contribution in [1.82, 2.24) is 10.0 Å². The van der Waals surface area contributed by atoms with Gasteiger partial charge in [0.2, 0.25) is 10.0 Å². The monoisotopic (exact) mass is 468 g/mol. The molecule has 31 heavy (non-hydrogen) atoms. The van der Waals surface area contributed by atoms with Crippen LogP contribution in [0.5, 0.6) is 11.5 Å². The van der Waals surface area contributed by atoms with Crippen molar-refractivity contribution in [2.24, 2.45) is 0 Å². The van der Waals surface area contributed by atoms with Crippen LogP contribution >= 0.6 is 11.6 Å². The smallest absolute Gasteiger partial charge is 0.321 e. The molecule has 0 spiro atoms. The summed E-state index contributed by atoms with van der Waals surface area (Å²) < 4.78 is 42.7. The number of halogens is 1. The lowest BCUT2D eigenvalue weighted by molar-refractivity contribution is -0.147. The summed E-state index contributed by atoms with van der Waals surface area (Å²) in [6, 6.07) is 11.1. The lowest BCUT2D eigenvalue weighted by Crippen LogP contribution is -2.33. The fourth-order valence-corrected chi connectivity index (χ4v) is 3.71. The molecule has 166 valence electrons. The van der Waals surface area contributed by atoms with E-state index in [4.69, 9.17) is 25.8 Å². The summed E-state index contributed by atoms with van der Waals surface area (Å²) >= 11 is 5.79. The number of hydrogen-bond acceptors (Lipinski definition) is 7. The summed E-state index contributed by atoms with van der Waals surface area (Å²) in [6.45, 7) is -0.0173. The van der Waals surface area contributed by atoms with E-state index in [0.717, 1.165) is 5.56 Å². The zero-order valence-corrected chi connectivity index (χ0v) is 18.0. The molecule has 3 rings (SSSR count). The predicted molar refractivity (Wildman–Crippen MR) is 111 cm³/mol. The number of rotatable bonds is 8. The molecule has 0 atom stereocenters. The fraction of sp³-hybridized carbons (Fsp3) is 0.300. The average Bonchev–Trinajstić information content (AvgIpc) is 3.01. The molecule has 0 fully saturated rings. The SMILES string of the molecule is O=C(COC(=O)CNS(=O)(=O)c1ccc2c(c1)OCCCO2)NCc1ccc(Cl)cc1. The normalized spacial score (nSPS) is 13.2. The number of ether oxygens (including phenoxy) is 3. The van der Waals surface area contributed by atoms with E-state index in [0.29, 0.717) is 36.2 Å². The second-order valence-corrected chi connectivity index (χ2v) is 8.75. The van der Waals surface area contributed by atoms with Gasteiger partial charge in [0.15, 0.2) is 18.1 Å². The van der Waals surface area contributed by atoms with Gasteiger partial charge < -0.3 is 19.5 Å². The minimum absolute atomic E-state index is 0.0785. The first-order chi connectivity index (χ1) is 14.8. The van der Waals surface area contributed by atoms with Crippen molar-refractivity contribution in [3.8, 4) is 11.5 Å². The topological polar surface area (TPSA) is 120 Å². The van der Waals surface area contributed by atoms with Gasteiger partial charge in [0.05, 0.1) is 18.1 Å². The number of nitrogens with one attached hydrogen (secondary N) is 2.